The topological polar surface area (TPSA) is 115 Å². The van der Waals surface area contributed by atoms with Crippen molar-refractivity contribution >= 4 is 46.1 Å². The molecule has 1 saturated carbocycles. The van der Waals surface area contributed by atoms with Crippen molar-refractivity contribution in [3.05, 3.63) is 47.5 Å². The number of hydrogen-bond donors (Lipinski definition) is 1. The van der Waals surface area contributed by atoms with Crippen molar-refractivity contribution in [1.82, 2.24) is 19.8 Å². The summed E-state index contributed by atoms with van der Waals surface area (Å²) in [6.45, 7) is 6.33. The Morgan fingerprint density at radius 2 is 1.78 bits per heavy atom. The number of fused-ring (bicyclic) bond motifs is 1. The van der Waals surface area contributed by atoms with Crippen molar-refractivity contribution in [1.29, 1.82) is 0 Å². The Bertz CT molecular complexity index is 1530. The molecule has 0 radical (unpaired) electrons. The molecule has 4 rings (SSSR count). The molecule has 0 aliphatic heterocycles. The molecule has 1 unspecified atom stereocenters. The largest absolute Gasteiger partial charge is 0.493 e. The number of hydrogen-bond acceptors (Lipinski definition) is 10. The van der Waals surface area contributed by atoms with Gasteiger partial charge in [-0.2, -0.15) is 0 Å². The van der Waals surface area contributed by atoms with Gasteiger partial charge in [-0.15, -0.1) is 0 Å². The fraction of sp³-hybridized carbons (Fsp3) is 0.515. The van der Waals surface area contributed by atoms with Gasteiger partial charge in [0.1, 0.15) is 23.8 Å². The minimum absolute atomic E-state index is 0.00146. The summed E-state index contributed by atoms with van der Waals surface area (Å²) in [5, 5.41) is 3.64. The summed E-state index contributed by atoms with van der Waals surface area (Å²) in [4.78, 5) is 37.5. The molecule has 1 aromatic heterocycles. The number of benzene rings is 2. The smallest absolute Gasteiger partial charge is 0.410 e. The number of halogens is 2. The lowest BCUT2D eigenvalue weighted by Crippen LogP contribution is -2.49. The first kappa shape index (κ1) is 35.0. The highest BCUT2D eigenvalue weighted by Crippen LogP contribution is 2.38. The van der Waals surface area contributed by atoms with E-state index in [1.807, 2.05) is 32.7 Å². The fourth-order valence-corrected chi connectivity index (χ4v) is 5.75. The molecule has 0 spiro atoms. The van der Waals surface area contributed by atoms with Gasteiger partial charge in [0.15, 0.2) is 17.3 Å². The van der Waals surface area contributed by atoms with Crippen LogP contribution in [-0.2, 0) is 14.3 Å². The first-order valence-corrected chi connectivity index (χ1v) is 15.6. The van der Waals surface area contributed by atoms with Crippen LogP contribution >= 0.6 is 11.6 Å². The Morgan fingerprint density at radius 3 is 2.43 bits per heavy atom. The highest BCUT2D eigenvalue weighted by atomic mass is 35.5. The van der Waals surface area contributed by atoms with Gasteiger partial charge < -0.3 is 29.2 Å². The molecule has 1 aliphatic rings. The zero-order chi connectivity index (χ0) is 33.6. The molecule has 1 aliphatic carbocycles. The third-order valence-electron chi connectivity index (χ3n) is 8.00. The van der Waals surface area contributed by atoms with E-state index in [1.54, 1.807) is 38.4 Å². The minimum Gasteiger partial charge on any atom is -0.493 e. The standard InChI is InChI=1S/C33H43ClFN5O6/c1-33(2,3)46-32(42)40(5)16-15-39(4)29(31(41)44-7)20-11-13-21(14-12-20)45-27-17-22-25(18-26(27)43-6)36-19-37-30(22)38-24-10-8-9-23(34)28(24)35/h8-10,17-21,29H,11-16H2,1-7H3,(H,36,37,38). The van der Waals surface area contributed by atoms with E-state index in [1.165, 1.54) is 24.4 Å². The van der Waals surface area contributed by atoms with Crippen molar-refractivity contribution in [3.8, 4) is 11.5 Å². The van der Waals surface area contributed by atoms with Crippen molar-refractivity contribution in [2.75, 3.05) is 46.7 Å². The second kappa shape index (κ2) is 15.1. The second-order valence-electron chi connectivity index (χ2n) is 12.5. The molecular weight excluding hydrogens is 617 g/mol. The van der Waals surface area contributed by atoms with E-state index in [0.29, 0.717) is 54.2 Å². The van der Waals surface area contributed by atoms with Gasteiger partial charge in [0.25, 0.3) is 0 Å². The molecule has 3 aromatic rings. The quantitative estimate of drug-likeness (QED) is 0.230. The number of aromatic nitrogens is 2. The van der Waals surface area contributed by atoms with Crippen molar-refractivity contribution in [3.63, 3.8) is 0 Å². The number of methoxy groups -OCH3 is 2. The van der Waals surface area contributed by atoms with Gasteiger partial charge in [-0.3, -0.25) is 9.69 Å². The van der Waals surface area contributed by atoms with Crippen LogP contribution in [-0.4, -0.2) is 91.0 Å². The van der Waals surface area contributed by atoms with E-state index in [9.17, 15) is 14.0 Å². The van der Waals surface area contributed by atoms with Crippen LogP contribution in [0.25, 0.3) is 10.9 Å². The van der Waals surface area contributed by atoms with Crippen LogP contribution in [0.4, 0.5) is 20.7 Å². The zero-order valence-electron chi connectivity index (χ0n) is 27.4. The monoisotopic (exact) mass is 659 g/mol. The van der Waals surface area contributed by atoms with Crippen LogP contribution in [0.3, 0.4) is 0 Å². The number of carbonyl (C=O) groups excluding carboxylic acids is 2. The highest BCUT2D eigenvalue weighted by molar-refractivity contribution is 6.31. The number of amides is 1. The Balaban J connectivity index is 1.44. The lowest BCUT2D eigenvalue weighted by Gasteiger charge is -2.37. The number of nitrogens with one attached hydrogen (secondary N) is 1. The maximum Gasteiger partial charge on any atom is 0.410 e. The molecule has 13 heteroatoms. The van der Waals surface area contributed by atoms with Crippen LogP contribution < -0.4 is 14.8 Å². The zero-order valence-corrected chi connectivity index (χ0v) is 28.2. The second-order valence-corrected chi connectivity index (χ2v) is 12.9. The Kier molecular flexibility index (Phi) is 11.5. The van der Waals surface area contributed by atoms with Gasteiger partial charge in [0.05, 0.1) is 36.6 Å². The number of likely N-dealkylation sites (N-methyl/N-ethyl adjacent to an activating group) is 2. The summed E-state index contributed by atoms with van der Waals surface area (Å²) < 4.78 is 37.4. The molecule has 1 fully saturated rings. The Hall–Kier alpha value is -3.90. The third-order valence-corrected chi connectivity index (χ3v) is 8.29. The molecule has 1 amide bonds. The number of ether oxygens (including phenoxy) is 4. The lowest BCUT2D eigenvalue weighted by molar-refractivity contribution is -0.149. The molecule has 0 bridgehead atoms. The minimum atomic E-state index is -0.591. The molecule has 1 N–H and O–H groups in total. The Labute approximate surface area is 274 Å². The van der Waals surface area contributed by atoms with Crippen LogP contribution in [0, 0.1) is 11.7 Å². The normalized spacial score (nSPS) is 17.3. The fourth-order valence-electron chi connectivity index (χ4n) is 5.58. The number of rotatable bonds is 11. The van der Waals surface area contributed by atoms with Crippen LogP contribution in [0.2, 0.25) is 5.02 Å². The summed E-state index contributed by atoms with van der Waals surface area (Å²) >= 11 is 5.97. The van der Waals surface area contributed by atoms with Crippen molar-refractivity contribution < 1.29 is 32.9 Å². The molecule has 46 heavy (non-hydrogen) atoms. The molecule has 1 atom stereocenters. The first-order chi connectivity index (χ1) is 21.8. The molecule has 11 nitrogen and oxygen atoms in total. The summed E-state index contributed by atoms with van der Waals surface area (Å²) in [5.74, 6) is 0.565. The van der Waals surface area contributed by atoms with Crippen molar-refractivity contribution in [2.24, 2.45) is 5.92 Å². The molecular formula is C33H43ClFN5O6. The highest BCUT2D eigenvalue weighted by Gasteiger charge is 2.36. The van der Waals surface area contributed by atoms with Gasteiger partial charge >= 0.3 is 12.1 Å². The van der Waals surface area contributed by atoms with Crippen LogP contribution in [0.1, 0.15) is 46.5 Å². The lowest BCUT2D eigenvalue weighted by atomic mass is 9.82. The van der Waals surface area contributed by atoms with E-state index in [2.05, 4.69) is 15.3 Å². The van der Waals surface area contributed by atoms with Gasteiger partial charge in [0.2, 0.25) is 0 Å². The van der Waals surface area contributed by atoms with Crippen LogP contribution in [0.15, 0.2) is 36.7 Å². The summed E-state index contributed by atoms with van der Waals surface area (Å²) in [6.07, 6.45) is 3.72. The summed E-state index contributed by atoms with van der Waals surface area (Å²) in [7, 11) is 6.50. The SMILES string of the molecule is COC(=O)C(C1CCC(Oc2cc3c(Nc4cccc(Cl)c4F)ncnc3cc2OC)CC1)N(C)CCN(C)C(=O)OC(C)(C)C. The molecule has 1 heterocycles. The summed E-state index contributed by atoms with van der Waals surface area (Å²) in [6, 6.07) is 7.78. The van der Waals surface area contributed by atoms with E-state index < -0.39 is 23.6 Å². The number of anilines is 2. The predicted octanol–water partition coefficient (Wildman–Crippen LogP) is 6.45. The molecule has 2 aromatic carbocycles. The van der Waals surface area contributed by atoms with Gasteiger partial charge in [-0.05, 0) is 77.6 Å². The van der Waals surface area contributed by atoms with E-state index in [-0.39, 0.29) is 28.7 Å². The average Bonchev–Trinajstić information content (AvgIpc) is 3.02. The van der Waals surface area contributed by atoms with Gasteiger partial charge in [-0.25, -0.2) is 19.2 Å². The molecule has 0 saturated heterocycles. The molecule has 250 valence electrons. The number of carbonyl (C=O) groups is 2. The number of nitrogens with zero attached hydrogens (tertiary/aromatic N) is 4. The average molecular weight is 660 g/mol. The summed E-state index contributed by atoms with van der Waals surface area (Å²) in [5.41, 5.74) is 0.187. The first-order valence-electron chi connectivity index (χ1n) is 15.2. The van der Waals surface area contributed by atoms with E-state index >= 15 is 0 Å². The third kappa shape index (κ3) is 8.67. The Morgan fingerprint density at radius 1 is 1.07 bits per heavy atom. The number of esters is 1. The predicted molar refractivity (Wildman–Crippen MR) is 174 cm³/mol. The van der Waals surface area contributed by atoms with E-state index in [0.717, 1.165) is 12.8 Å². The van der Waals surface area contributed by atoms with Gasteiger partial charge in [-0.1, -0.05) is 17.7 Å². The maximum absolute atomic E-state index is 14.6. The van der Waals surface area contributed by atoms with Crippen LogP contribution in [0.5, 0.6) is 11.5 Å². The van der Waals surface area contributed by atoms with Crippen molar-refractivity contribution in [2.45, 2.75) is 64.2 Å². The van der Waals surface area contributed by atoms with E-state index in [4.69, 9.17) is 30.5 Å². The maximum atomic E-state index is 14.6. The van der Waals surface area contributed by atoms with Gasteiger partial charge in [0, 0.05) is 31.6 Å².